The van der Waals surface area contributed by atoms with Crippen molar-refractivity contribution in [2.45, 2.75) is 0 Å². The highest BCUT2D eigenvalue weighted by Gasteiger charge is 2.23. The van der Waals surface area contributed by atoms with Gasteiger partial charge in [-0.05, 0) is 68.0 Å². The van der Waals surface area contributed by atoms with Crippen LogP contribution in [0.4, 0.5) is 17.1 Å². The third-order valence-corrected chi connectivity index (χ3v) is 7.48. The van der Waals surface area contributed by atoms with E-state index in [9.17, 15) is 0 Å². The first-order valence-corrected chi connectivity index (χ1v) is 12.1. The molecule has 0 aliphatic rings. The normalized spacial score (nSPS) is 12.0. The van der Waals surface area contributed by atoms with Crippen molar-refractivity contribution in [3.05, 3.63) is 127 Å². The van der Waals surface area contributed by atoms with Crippen LogP contribution in [-0.4, -0.2) is 0 Å². The van der Waals surface area contributed by atoms with E-state index in [-0.39, 0.29) is 0 Å². The fourth-order valence-electron chi connectivity index (χ4n) is 6.08. The van der Waals surface area contributed by atoms with Crippen LogP contribution >= 0.6 is 0 Å². The Kier molecular flexibility index (Phi) is 3.72. The molecule has 162 valence electrons. The van der Waals surface area contributed by atoms with Gasteiger partial charge >= 0.3 is 0 Å². The lowest BCUT2D eigenvalue weighted by molar-refractivity contribution is 1.31. The van der Waals surface area contributed by atoms with E-state index in [0.717, 1.165) is 11.4 Å². The summed E-state index contributed by atoms with van der Waals surface area (Å²) >= 11 is 0. The molecule has 8 aromatic carbocycles. The molecule has 0 fully saturated rings. The third kappa shape index (κ3) is 2.53. The van der Waals surface area contributed by atoms with Crippen LogP contribution in [0, 0.1) is 0 Å². The molecule has 0 heterocycles. The van der Waals surface area contributed by atoms with Crippen LogP contribution in [0.1, 0.15) is 0 Å². The first kappa shape index (κ1) is 18.8. The fraction of sp³-hybridized carbons (Fsp3) is 0. The van der Waals surface area contributed by atoms with E-state index in [1.807, 2.05) is 0 Å². The van der Waals surface area contributed by atoms with Gasteiger partial charge in [0.1, 0.15) is 0 Å². The summed E-state index contributed by atoms with van der Waals surface area (Å²) in [5.74, 6) is 0. The summed E-state index contributed by atoms with van der Waals surface area (Å²) in [7, 11) is 0. The zero-order valence-electron chi connectivity index (χ0n) is 19.1. The number of anilines is 3. The average molecular weight is 444 g/mol. The predicted molar refractivity (Wildman–Crippen MR) is 151 cm³/mol. The van der Waals surface area contributed by atoms with Gasteiger partial charge in [0.05, 0.1) is 5.69 Å². The van der Waals surface area contributed by atoms with Crippen LogP contribution in [0.2, 0.25) is 0 Å². The Morgan fingerprint density at radius 3 is 1.63 bits per heavy atom. The standard InChI is InChI=1S/C34H21N/c1-3-12-26(13-4-1)35(27-14-5-2-6-15-27)34-28-16-8-10-23-17-18-25-21-24-11-7-9-22-19-20-29(34)33(30(22)24)32(25)31(23)28/h1-21H. The SMILES string of the molecule is c1ccc(N(c2ccccc2)c2c3cccc4ccc5cc6cccc7ccc2c(c76)c5c43)cc1. The van der Waals surface area contributed by atoms with Crippen LogP contribution in [0.25, 0.3) is 53.9 Å². The molecule has 0 amide bonds. The lowest BCUT2D eigenvalue weighted by atomic mass is 9.85. The minimum Gasteiger partial charge on any atom is -0.309 e. The fourth-order valence-corrected chi connectivity index (χ4v) is 6.08. The smallest absolute Gasteiger partial charge is 0.0619 e. The van der Waals surface area contributed by atoms with Crippen molar-refractivity contribution in [1.29, 1.82) is 0 Å². The molecule has 1 heteroatoms. The molecule has 0 aliphatic carbocycles. The Labute approximate surface area is 203 Å². The lowest BCUT2D eigenvalue weighted by Gasteiger charge is -2.30. The van der Waals surface area contributed by atoms with E-state index in [2.05, 4.69) is 132 Å². The third-order valence-electron chi connectivity index (χ3n) is 7.48. The van der Waals surface area contributed by atoms with Crippen molar-refractivity contribution >= 4 is 70.9 Å². The maximum atomic E-state index is 2.43. The summed E-state index contributed by atoms with van der Waals surface area (Å²) in [5, 5.41) is 13.2. The molecule has 0 bridgehead atoms. The van der Waals surface area contributed by atoms with Gasteiger partial charge in [0.2, 0.25) is 0 Å². The second-order valence-electron chi connectivity index (χ2n) is 9.37. The molecule has 0 radical (unpaired) electrons. The number of hydrogen-bond donors (Lipinski definition) is 0. The molecule has 0 unspecified atom stereocenters. The lowest BCUT2D eigenvalue weighted by Crippen LogP contribution is -2.11. The van der Waals surface area contributed by atoms with E-state index in [1.54, 1.807) is 0 Å². The first-order chi connectivity index (χ1) is 17.4. The summed E-state index contributed by atoms with van der Waals surface area (Å²) in [6.07, 6.45) is 0. The summed E-state index contributed by atoms with van der Waals surface area (Å²) in [4.78, 5) is 2.43. The van der Waals surface area contributed by atoms with Gasteiger partial charge in [-0.15, -0.1) is 0 Å². The molecule has 0 aromatic heterocycles. The van der Waals surface area contributed by atoms with Crippen LogP contribution in [0.3, 0.4) is 0 Å². The zero-order valence-corrected chi connectivity index (χ0v) is 19.1. The largest absolute Gasteiger partial charge is 0.309 e. The molecule has 8 aromatic rings. The van der Waals surface area contributed by atoms with Crippen molar-refractivity contribution in [3.8, 4) is 0 Å². The van der Waals surface area contributed by atoms with Crippen molar-refractivity contribution in [2.24, 2.45) is 0 Å². The van der Waals surface area contributed by atoms with Gasteiger partial charge in [-0.2, -0.15) is 0 Å². The second-order valence-corrected chi connectivity index (χ2v) is 9.37. The van der Waals surface area contributed by atoms with Crippen molar-refractivity contribution in [1.82, 2.24) is 0 Å². The van der Waals surface area contributed by atoms with Gasteiger partial charge in [0.15, 0.2) is 0 Å². The topological polar surface area (TPSA) is 3.24 Å². The van der Waals surface area contributed by atoms with Crippen molar-refractivity contribution in [2.75, 3.05) is 4.90 Å². The molecule has 0 N–H and O–H groups in total. The van der Waals surface area contributed by atoms with Crippen LogP contribution in [0.5, 0.6) is 0 Å². The molecule has 0 saturated heterocycles. The number of para-hydroxylation sites is 2. The highest BCUT2D eigenvalue weighted by atomic mass is 15.1. The average Bonchev–Trinajstić information content (AvgIpc) is 2.93. The quantitative estimate of drug-likeness (QED) is 0.194. The summed E-state index contributed by atoms with van der Waals surface area (Å²) < 4.78 is 0. The molecule has 0 spiro atoms. The Hall–Kier alpha value is -4.62. The number of rotatable bonds is 3. The Morgan fingerprint density at radius 2 is 0.886 bits per heavy atom. The second kappa shape index (κ2) is 6.94. The first-order valence-electron chi connectivity index (χ1n) is 12.1. The molecule has 35 heavy (non-hydrogen) atoms. The molecular formula is C34H21N. The molecule has 8 rings (SSSR count). The van der Waals surface area contributed by atoms with Crippen molar-refractivity contribution in [3.63, 3.8) is 0 Å². The number of nitrogens with zero attached hydrogens (tertiary/aromatic N) is 1. The van der Waals surface area contributed by atoms with Gasteiger partial charge in [-0.25, -0.2) is 0 Å². The van der Waals surface area contributed by atoms with E-state index in [4.69, 9.17) is 0 Å². The van der Waals surface area contributed by atoms with Gasteiger partial charge in [-0.1, -0.05) is 97.1 Å². The summed E-state index contributed by atoms with van der Waals surface area (Å²) in [6, 6.07) is 46.5. The minimum atomic E-state index is 1.16. The highest BCUT2D eigenvalue weighted by molar-refractivity contribution is 6.40. The predicted octanol–water partition coefficient (Wildman–Crippen LogP) is 9.80. The Balaban J connectivity index is 1.67. The van der Waals surface area contributed by atoms with E-state index >= 15 is 0 Å². The molecular weight excluding hydrogens is 422 g/mol. The maximum absolute atomic E-state index is 2.43. The highest BCUT2D eigenvalue weighted by Crippen LogP contribution is 2.51. The monoisotopic (exact) mass is 443 g/mol. The van der Waals surface area contributed by atoms with E-state index in [0.29, 0.717) is 0 Å². The molecule has 1 nitrogen and oxygen atoms in total. The number of hydrogen-bond acceptors (Lipinski definition) is 1. The molecule has 0 saturated carbocycles. The van der Waals surface area contributed by atoms with Crippen LogP contribution < -0.4 is 4.90 Å². The zero-order chi connectivity index (χ0) is 22.9. The molecule has 0 aliphatic heterocycles. The van der Waals surface area contributed by atoms with Crippen molar-refractivity contribution < 1.29 is 0 Å². The Bertz CT molecular complexity index is 1950. The van der Waals surface area contributed by atoms with Gasteiger partial charge < -0.3 is 4.90 Å². The number of benzene rings is 8. The Morgan fingerprint density at radius 1 is 0.343 bits per heavy atom. The van der Waals surface area contributed by atoms with E-state index < -0.39 is 0 Å². The van der Waals surface area contributed by atoms with Gasteiger partial charge in [0, 0.05) is 27.5 Å². The maximum Gasteiger partial charge on any atom is 0.0619 e. The summed E-state index contributed by atoms with van der Waals surface area (Å²) in [5.41, 5.74) is 3.56. The molecule has 0 atom stereocenters. The van der Waals surface area contributed by atoms with Gasteiger partial charge in [0.25, 0.3) is 0 Å². The van der Waals surface area contributed by atoms with Gasteiger partial charge in [-0.3, -0.25) is 0 Å². The minimum absolute atomic E-state index is 1.16. The van der Waals surface area contributed by atoms with Crippen LogP contribution in [-0.2, 0) is 0 Å². The van der Waals surface area contributed by atoms with E-state index in [1.165, 1.54) is 59.5 Å². The van der Waals surface area contributed by atoms with Crippen LogP contribution in [0.15, 0.2) is 127 Å². The summed E-state index contributed by atoms with van der Waals surface area (Å²) in [6.45, 7) is 0.